The van der Waals surface area contributed by atoms with Gasteiger partial charge in [0.25, 0.3) is 0 Å². The van der Waals surface area contributed by atoms with Crippen molar-refractivity contribution in [3.8, 4) is 6.01 Å². The molecule has 0 atom stereocenters. The Hall–Kier alpha value is -2.45. The maximum Gasteiger partial charge on any atom is 0.407 e. The van der Waals surface area contributed by atoms with Gasteiger partial charge in [0.15, 0.2) is 0 Å². The number of carbonyl (C=O) groups is 1. The molecule has 1 aliphatic heterocycles. The van der Waals surface area contributed by atoms with Crippen molar-refractivity contribution in [3.05, 3.63) is 39.9 Å². The normalized spacial score (nSPS) is 14.7. The first-order valence-electron chi connectivity index (χ1n) is 11.0. The summed E-state index contributed by atoms with van der Waals surface area (Å²) in [5.74, 6) is 1.46. The third-order valence-corrected chi connectivity index (χ3v) is 5.72. The largest absolute Gasteiger partial charge is 0.467 e. The van der Waals surface area contributed by atoms with Gasteiger partial charge in [-0.05, 0) is 57.7 Å². The molecule has 10 heteroatoms. The van der Waals surface area contributed by atoms with E-state index in [1.54, 1.807) is 13.2 Å². The van der Waals surface area contributed by atoms with Crippen molar-refractivity contribution in [2.45, 2.75) is 51.7 Å². The minimum Gasteiger partial charge on any atom is -0.467 e. The first kappa shape index (κ1) is 25.2. The van der Waals surface area contributed by atoms with E-state index in [0.29, 0.717) is 28.4 Å². The molecule has 2 N–H and O–H groups in total. The summed E-state index contributed by atoms with van der Waals surface area (Å²) in [5.41, 5.74) is 0.499. The zero-order valence-electron chi connectivity index (χ0n) is 19.5. The summed E-state index contributed by atoms with van der Waals surface area (Å²) < 4.78 is 10.7. The van der Waals surface area contributed by atoms with E-state index in [0.717, 1.165) is 43.7 Å². The quantitative estimate of drug-likeness (QED) is 0.561. The van der Waals surface area contributed by atoms with E-state index < -0.39 is 5.60 Å². The number of anilines is 2. The van der Waals surface area contributed by atoms with E-state index >= 15 is 0 Å². The number of hydrogen-bond acceptors (Lipinski definition) is 7. The summed E-state index contributed by atoms with van der Waals surface area (Å²) in [4.78, 5) is 23.1. The number of methoxy groups -OCH3 is 1. The number of benzene rings is 1. The molecule has 0 spiro atoms. The number of carbonyl (C=O) groups excluding carboxylic acids is 1. The molecule has 2 heterocycles. The molecule has 1 aliphatic rings. The highest BCUT2D eigenvalue weighted by molar-refractivity contribution is 6.35. The van der Waals surface area contributed by atoms with Gasteiger partial charge in [-0.15, -0.1) is 0 Å². The average molecular weight is 496 g/mol. The molecule has 33 heavy (non-hydrogen) atoms. The fourth-order valence-corrected chi connectivity index (χ4v) is 4.04. The van der Waals surface area contributed by atoms with Crippen LogP contribution in [0.15, 0.2) is 24.3 Å². The van der Waals surface area contributed by atoms with Gasteiger partial charge in [0.1, 0.15) is 17.2 Å². The maximum atomic E-state index is 12.0. The van der Waals surface area contributed by atoms with Crippen LogP contribution in [-0.2, 0) is 11.2 Å². The fraction of sp³-hybridized carbons (Fsp3) is 0.522. The summed E-state index contributed by atoms with van der Waals surface area (Å²) in [7, 11) is 1.55. The van der Waals surface area contributed by atoms with Gasteiger partial charge in [-0.3, -0.25) is 0 Å². The Kier molecular flexibility index (Phi) is 8.48. The Balaban J connectivity index is 1.56. The first-order valence-corrected chi connectivity index (χ1v) is 11.7. The van der Waals surface area contributed by atoms with Crippen LogP contribution in [-0.4, -0.2) is 54.4 Å². The molecule has 1 amide bonds. The van der Waals surface area contributed by atoms with E-state index in [2.05, 4.69) is 25.5 Å². The van der Waals surface area contributed by atoms with Crippen LogP contribution in [0.3, 0.4) is 0 Å². The van der Waals surface area contributed by atoms with Gasteiger partial charge >= 0.3 is 12.1 Å². The summed E-state index contributed by atoms with van der Waals surface area (Å²) in [6, 6.07) is 7.78. The molecule has 8 nitrogen and oxygen atoms in total. The van der Waals surface area contributed by atoms with E-state index in [4.69, 9.17) is 32.7 Å². The lowest BCUT2D eigenvalue weighted by Crippen LogP contribution is -2.46. The zero-order valence-corrected chi connectivity index (χ0v) is 21.0. The summed E-state index contributed by atoms with van der Waals surface area (Å²) in [6.07, 6.45) is 1.93. The van der Waals surface area contributed by atoms with Crippen molar-refractivity contribution >= 4 is 40.9 Å². The van der Waals surface area contributed by atoms with Gasteiger partial charge in [0, 0.05) is 41.8 Å². The van der Waals surface area contributed by atoms with Crippen LogP contribution in [0.25, 0.3) is 0 Å². The lowest BCUT2D eigenvalue weighted by atomic mass is 10.1. The van der Waals surface area contributed by atoms with Crippen LogP contribution in [0.4, 0.5) is 16.4 Å². The van der Waals surface area contributed by atoms with Gasteiger partial charge in [-0.2, -0.15) is 9.97 Å². The third-order valence-electron chi connectivity index (χ3n) is 5.13. The number of hydrogen-bond donors (Lipinski definition) is 2. The molecule has 0 unspecified atom stereocenters. The molecule has 1 aromatic heterocycles. The van der Waals surface area contributed by atoms with Gasteiger partial charge in [-0.25, -0.2) is 4.79 Å². The highest BCUT2D eigenvalue weighted by atomic mass is 35.5. The van der Waals surface area contributed by atoms with E-state index in [1.807, 2.05) is 39.0 Å². The second-order valence-corrected chi connectivity index (χ2v) is 9.76. The molecular weight excluding hydrogens is 465 g/mol. The smallest absolute Gasteiger partial charge is 0.407 e. The lowest BCUT2D eigenvalue weighted by molar-refractivity contribution is 0.0497. The number of rotatable bonds is 7. The number of halogens is 2. The number of nitrogens with zero attached hydrogens (tertiary/aromatic N) is 3. The Labute approximate surface area is 205 Å². The zero-order chi connectivity index (χ0) is 24.0. The highest BCUT2D eigenvalue weighted by Gasteiger charge is 2.25. The molecule has 1 saturated heterocycles. The van der Waals surface area contributed by atoms with Gasteiger partial charge in [-0.1, -0.05) is 29.3 Å². The number of nitrogens with one attached hydrogen (secondary N) is 2. The second-order valence-electron chi connectivity index (χ2n) is 8.92. The fourth-order valence-electron chi connectivity index (χ4n) is 3.53. The minimum absolute atomic E-state index is 0.0709. The third kappa shape index (κ3) is 7.82. The molecule has 1 aromatic carbocycles. The summed E-state index contributed by atoms with van der Waals surface area (Å²) >= 11 is 12.2. The first-order chi connectivity index (χ1) is 15.6. The standard InChI is InChI=1S/C23H31Cl2N5O3/c1-23(2,3)33-22(31)27-17-8-11-30(12-9-17)20-14-19(28-21(29-20)32-4)26-10-7-15-5-6-16(24)13-18(15)25/h5-6,13-14,17H,7-12H2,1-4H3,(H,27,31)(H,26,28,29). The topological polar surface area (TPSA) is 88.6 Å². The van der Waals surface area contributed by atoms with E-state index in [-0.39, 0.29) is 12.1 Å². The summed E-state index contributed by atoms with van der Waals surface area (Å²) in [6.45, 7) is 7.71. The molecule has 0 saturated carbocycles. The molecule has 2 aromatic rings. The van der Waals surface area contributed by atoms with Crippen molar-refractivity contribution < 1.29 is 14.3 Å². The van der Waals surface area contributed by atoms with Gasteiger partial charge < -0.3 is 25.0 Å². The van der Waals surface area contributed by atoms with Crippen LogP contribution in [0.1, 0.15) is 39.2 Å². The predicted octanol–water partition coefficient (Wildman–Crippen LogP) is 4.94. The van der Waals surface area contributed by atoms with Crippen LogP contribution in [0.5, 0.6) is 6.01 Å². The van der Waals surface area contributed by atoms with Crippen molar-refractivity contribution in [1.29, 1.82) is 0 Å². The molecule has 1 fully saturated rings. The molecule has 0 radical (unpaired) electrons. The van der Waals surface area contributed by atoms with E-state index in [9.17, 15) is 4.79 Å². The number of aromatic nitrogens is 2. The Bertz CT molecular complexity index is 960. The Morgan fingerprint density at radius 3 is 2.55 bits per heavy atom. The monoisotopic (exact) mass is 495 g/mol. The van der Waals surface area contributed by atoms with Crippen LogP contribution >= 0.6 is 23.2 Å². The van der Waals surface area contributed by atoms with Crippen molar-refractivity contribution in [2.75, 3.05) is 37.0 Å². The summed E-state index contributed by atoms with van der Waals surface area (Å²) in [5, 5.41) is 7.54. The van der Waals surface area contributed by atoms with Crippen molar-refractivity contribution in [1.82, 2.24) is 15.3 Å². The maximum absolute atomic E-state index is 12.0. The molecule has 0 aliphatic carbocycles. The highest BCUT2D eigenvalue weighted by Crippen LogP contribution is 2.24. The number of alkyl carbamates (subject to hydrolysis) is 1. The van der Waals surface area contributed by atoms with Crippen molar-refractivity contribution in [3.63, 3.8) is 0 Å². The Morgan fingerprint density at radius 2 is 1.91 bits per heavy atom. The van der Waals surface area contributed by atoms with Crippen LogP contribution in [0, 0.1) is 0 Å². The molecule has 3 rings (SSSR count). The van der Waals surface area contributed by atoms with Gasteiger partial charge in [0.2, 0.25) is 0 Å². The Morgan fingerprint density at radius 1 is 1.18 bits per heavy atom. The number of ether oxygens (including phenoxy) is 2. The number of piperidine rings is 1. The predicted molar refractivity (Wildman–Crippen MR) is 132 cm³/mol. The molecular formula is C23H31Cl2N5O3. The van der Waals surface area contributed by atoms with Crippen LogP contribution < -0.4 is 20.3 Å². The van der Waals surface area contributed by atoms with Crippen LogP contribution in [0.2, 0.25) is 10.0 Å². The second kappa shape index (κ2) is 11.1. The van der Waals surface area contributed by atoms with E-state index in [1.165, 1.54) is 0 Å². The lowest BCUT2D eigenvalue weighted by Gasteiger charge is -2.33. The minimum atomic E-state index is -0.509. The molecule has 0 bridgehead atoms. The van der Waals surface area contributed by atoms with Gasteiger partial charge in [0.05, 0.1) is 7.11 Å². The van der Waals surface area contributed by atoms with Crippen molar-refractivity contribution in [2.24, 2.45) is 0 Å². The number of amides is 1. The average Bonchev–Trinajstić information content (AvgIpc) is 2.74. The SMILES string of the molecule is COc1nc(NCCc2ccc(Cl)cc2Cl)cc(N2CCC(NC(=O)OC(C)(C)C)CC2)n1. The molecule has 180 valence electrons.